The summed E-state index contributed by atoms with van der Waals surface area (Å²) in [5, 5.41) is 0. The summed E-state index contributed by atoms with van der Waals surface area (Å²) in [7, 11) is 2.90. The number of nitrogens with zero attached hydrogens (tertiary/aromatic N) is 1. The second-order valence-corrected chi connectivity index (χ2v) is 6.85. The third kappa shape index (κ3) is 2.59. The molecular formula is C17H26NP. The lowest BCUT2D eigenvalue weighted by Gasteiger charge is -2.22. The third-order valence-corrected chi connectivity index (χ3v) is 5.66. The maximum absolute atomic E-state index is 4.74. The maximum Gasteiger partial charge on any atom is 0.0606 e. The number of aromatic nitrogens is 1. The van der Waals surface area contributed by atoms with Gasteiger partial charge in [-0.2, -0.15) is 0 Å². The highest BCUT2D eigenvalue weighted by Gasteiger charge is 2.27. The molecule has 2 aliphatic carbocycles. The first-order valence-corrected chi connectivity index (χ1v) is 8.66. The van der Waals surface area contributed by atoms with Crippen LogP contribution in [0.15, 0.2) is 6.20 Å². The van der Waals surface area contributed by atoms with Crippen LogP contribution in [0.5, 0.6) is 0 Å². The Morgan fingerprint density at radius 2 is 1.63 bits per heavy atom. The molecule has 0 bridgehead atoms. The smallest absolute Gasteiger partial charge is 0.0606 e. The predicted octanol–water partition coefficient (Wildman–Crippen LogP) is 4.46. The molecule has 104 valence electrons. The highest BCUT2D eigenvalue weighted by atomic mass is 31.0. The molecule has 1 atom stereocenters. The Bertz CT molecular complexity index is 443. The molecule has 2 saturated carbocycles. The molecule has 0 spiro atoms. The van der Waals surface area contributed by atoms with Crippen molar-refractivity contribution in [2.45, 2.75) is 76.5 Å². The summed E-state index contributed by atoms with van der Waals surface area (Å²) in [6.07, 6.45) is 14.5. The molecule has 1 unspecified atom stereocenters. The van der Waals surface area contributed by atoms with Crippen LogP contribution in [-0.2, 0) is 6.42 Å². The summed E-state index contributed by atoms with van der Waals surface area (Å²) >= 11 is 0. The van der Waals surface area contributed by atoms with E-state index >= 15 is 0 Å². The first-order valence-electron chi connectivity index (χ1n) is 8.08. The zero-order chi connectivity index (χ0) is 13.2. The molecule has 2 aliphatic rings. The fourth-order valence-corrected chi connectivity index (χ4v) is 4.73. The number of hydrogen-bond donors (Lipinski definition) is 0. The standard InChI is InChI=1S/C17H26NP/c1-2-14-15(12-7-3-4-8-12)11-18-17(19)16(14)13-9-5-6-10-13/h11-13H,2-10,19H2,1H3. The van der Waals surface area contributed by atoms with E-state index in [-0.39, 0.29) is 0 Å². The minimum Gasteiger partial charge on any atom is -0.256 e. The minimum absolute atomic E-state index is 0.788. The van der Waals surface area contributed by atoms with E-state index in [1.54, 1.807) is 16.7 Å². The van der Waals surface area contributed by atoms with Crippen LogP contribution in [0.25, 0.3) is 0 Å². The Kier molecular flexibility index (Phi) is 4.22. The average molecular weight is 275 g/mol. The van der Waals surface area contributed by atoms with Gasteiger partial charge in [0.05, 0.1) is 5.44 Å². The van der Waals surface area contributed by atoms with E-state index in [9.17, 15) is 0 Å². The van der Waals surface area contributed by atoms with Crippen molar-refractivity contribution >= 4 is 14.7 Å². The van der Waals surface area contributed by atoms with Crippen LogP contribution >= 0.6 is 9.24 Å². The van der Waals surface area contributed by atoms with Crippen molar-refractivity contribution in [1.29, 1.82) is 0 Å². The Labute approximate surface area is 119 Å². The molecule has 0 aromatic carbocycles. The van der Waals surface area contributed by atoms with E-state index in [2.05, 4.69) is 22.4 Å². The normalized spacial score (nSPS) is 21.4. The van der Waals surface area contributed by atoms with E-state index in [1.807, 2.05) is 0 Å². The Morgan fingerprint density at radius 3 is 2.21 bits per heavy atom. The van der Waals surface area contributed by atoms with Gasteiger partial charge in [0.15, 0.2) is 0 Å². The van der Waals surface area contributed by atoms with Crippen molar-refractivity contribution < 1.29 is 0 Å². The second kappa shape index (κ2) is 5.92. The third-order valence-electron chi connectivity index (χ3n) is 5.20. The maximum atomic E-state index is 4.74. The van der Waals surface area contributed by atoms with Gasteiger partial charge in [-0.3, -0.25) is 4.98 Å². The molecule has 0 N–H and O–H groups in total. The van der Waals surface area contributed by atoms with Gasteiger partial charge in [0.25, 0.3) is 0 Å². The zero-order valence-electron chi connectivity index (χ0n) is 12.1. The van der Waals surface area contributed by atoms with Gasteiger partial charge in [0, 0.05) is 6.20 Å². The van der Waals surface area contributed by atoms with E-state index < -0.39 is 0 Å². The van der Waals surface area contributed by atoms with Crippen LogP contribution in [0, 0.1) is 0 Å². The molecule has 1 heterocycles. The summed E-state index contributed by atoms with van der Waals surface area (Å²) in [6, 6.07) is 0. The Morgan fingerprint density at radius 1 is 1.05 bits per heavy atom. The van der Waals surface area contributed by atoms with E-state index in [1.165, 1.54) is 63.2 Å². The molecular weight excluding hydrogens is 249 g/mol. The van der Waals surface area contributed by atoms with Crippen LogP contribution in [0.3, 0.4) is 0 Å². The van der Waals surface area contributed by atoms with Crippen molar-refractivity contribution in [3.05, 3.63) is 22.9 Å². The number of pyridine rings is 1. The summed E-state index contributed by atoms with van der Waals surface area (Å²) in [6.45, 7) is 2.33. The first-order chi connectivity index (χ1) is 9.31. The zero-order valence-corrected chi connectivity index (χ0v) is 13.3. The molecule has 0 saturated heterocycles. The summed E-state index contributed by atoms with van der Waals surface area (Å²) in [5.41, 5.74) is 6.08. The molecule has 0 radical (unpaired) electrons. The molecule has 1 aromatic rings. The summed E-state index contributed by atoms with van der Waals surface area (Å²) < 4.78 is 0. The van der Waals surface area contributed by atoms with E-state index in [4.69, 9.17) is 4.98 Å². The van der Waals surface area contributed by atoms with Gasteiger partial charge < -0.3 is 0 Å². The van der Waals surface area contributed by atoms with Gasteiger partial charge in [0.1, 0.15) is 0 Å². The topological polar surface area (TPSA) is 12.9 Å². The van der Waals surface area contributed by atoms with Crippen molar-refractivity contribution in [3.8, 4) is 0 Å². The molecule has 1 aromatic heterocycles. The second-order valence-electron chi connectivity index (χ2n) is 6.31. The molecule has 0 aliphatic heterocycles. The van der Waals surface area contributed by atoms with E-state index in [0.29, 0.717) is 0 Å². The highest BCUT2D eigenvalue weighted by Crippen LogP contribution is 2.41. The van der Waals surface area contributed by atoms with Crippen molar-refractivity contribution in [2.24, 2.45) is 0 Å². The van der Waals surface area contributed by atoms with Gasteiger partial charge in [-0.25, -0.2) is 0 Å². The lowest BCUT2D eigenvalue weighted by Crippen LogP contribution is -2.17. The van der Waals surface area contributed by atoms with Crippen LogP contribution in [0.4, 0.5) is 0 Å². The highest BCUT2D eigenvalue weighted by molar-refractivity contribution is 7.27. The van der Waals surface area contributed by atoms with Crippen LogP contribution in [0.2, 0.25) is 0 Å². The van der Waals surface area contributed by atoms with Gasteiger partial charge >= 0.3 is 0 Å². The molecule has 0 amide bonds. The van der Waals surface area contributed by atoms with E-state index in [0.717, 1.165) is 11.8 Å². The average Bonchev–Trinajstić information content (AvgIpc) is 3.11. The number of rotatable bonds is 3. The van der Waals surface area contributed by atoms with Gasteiger partial charge in [-0.05, 0) is 60.6 Å². The summed E-state index contributed by atoms with van der Waals surface area (Å²) in [4.78, 5) is 4.74. The largest absolute Gasteiger partial charge is 0.256 e. The van der Waals surface area contributed by atoms with Crippen molar-refractivity contribution in [2.75, 3.05) is 0 Å². The number of hydrogen-bond acceptors (Lipinski definition) is 1. The van der Waals surface area contributed by atoms with Gasteiger partial charge in [-0.15, -0.1) is 0 Å². The Hall–Kier alpha value is -0.420. The minimum atomic E-state index is 0.788. The quantitative estimate of drug-likeness (QED) is 0.742. The molecule has 1 nitrogen and oxygen atoms in total. The Balaban J connectivity index is 2.02. The SMILES string of the molecule is CCc1c(C2CCCC2)cnc(P)c1C1CCCC1. The van der Waals surface area contributed by atoms with Gasteiger partial charge in [0.2, 0.25) is 0 Å². The van der Waals surface area contributed by atoms with Crippen LogP contribution < -0.4 is 5.44 Å². The van der Waals surface area contributed by atoms with Crippen LogP contribution in [0.1, 0.15) is 86.8 Å². The van der Waals surface area contributed by atoms with Crippen LogP contribution in [-0.4, -0.2) is 4.98 Å². The first kappa shape index (κ1) is 13.6. The monoisotopic (exact) mass is 275 g/mol. The fourth-order valence-electron chi connectivity index (χ4n) is 4.25. The van der Waals surface area contributed by atoms with Gasteiger partial charge in [-0.1, -0.05) is 41.8 Å². The molecule has 2 heteroatoms. The lowest BCUT2D eigenvalue weighted by atomic mass is 9.86. The molecule has 2 fully saturated rings. The fraction of sp³-hybridized carbons (Fsp3) is 0.706. The van der Waals surface area contributed by atoms with Crippen molar-refractivity contribution in [3.63, 3.8) is 0 Å². The molecule has 19 heavy (non-hydrogen) atoms. The molecule has 3 rings (SSSR count). The predicted molar refractivity (Wildman–Crippen MR) is 85.4 cm³/mol. The lowest BCUT2D eigenvalue weighted by molar-refractivity contribution is 0.680. The summed E-state index contributed by atoms with van der Waals surface area (Å²) in [5.74, 6) is 1.59. The van der Waals surface area contributed by atoms with Crippen molar-refractivity contribution in [1.82, 2.24) is 4.98 Å².